The molecule has 1 heterocycles. The van der Waals surface area contributed by atoms with Crippen LogP contribution in [0, 0.1) is 6.92 Å². The van der Waals surface area contributed by atoms with Crippen LogP contribution in [0.1, 0.15) is 11.1 Å². The number of hydrogen-bond donors (Lipinski definition) is 0. The Balaban J connectivity index is 1.54. The molecule has 1 aliphatic rings. The first kappa shape index (κ1) is 28.0. The summed E-state index contributed by atoms with van der Waals surface area (Å²) in [4.78, 5) is 17.2. The Hall–Kier alpha value is -2.00. The molecule has 4 rings (SSSR count). The van der Waals surface area contributed by atoms with Crippen molar-refractivity contribution in [3.63, 3.8) is 0 Å². The van der Waals surface area contributed by atoms with Gasteiger partial charge in [-0.15, -0.1) is 0 Å². The van der Waals surface area contributed by atoms with Gasteiger partial charge in [-0.1, -0.05) is 58.5 Å². The van der Waals surface area contributed by atoms with Crippen LogP contribution in [0.25, 0.3) is 0 Å². The summed E-state index contributed by atoms with van der Waals surface area (Å²) in [5.74, 6) is -0.303. The maximum atomic E-state index is 13.6. The van der Waals surface area contributed by atoms with E-state index in [0.717, 1.165) is 15.6 Å². The number of carbonyl (C=O) groups excluding carboxylic acids is 1. The van der Waals surface area contributed by atoms with Gasteiger partial charge in [0.05, 0.1) is 11.4 Å². The van der Waals surface area contributed by atoms with Gasteiger partial charge in [0.1, 0.15) is 0 Å². The summed E-state index contributed by atoms with van der Waals surface area (Å²) < 4.78 is 28.3. The van der Waals surface area contributed by atoms with E-state index in [4.69, 9.17) is 46.4 Å². The van der Waals surface area contributed by atoms with Crippen LogP contribution in [0.5, 0.6) is 0 Å². The summed E-state index contributed by atoms with van der Waals surface area (Å²) in [6, 6.07) is 16.5. The minimum absolute atomic E-state index is 0.0223. The number of carbonyl (C=O) groups is 1. The van der Waals surface area contributed by atoms with Crippen molar-refractivity contribution in [1.82, 2.24) is 9.21 Å². The molecule has 0 aliphatic carbocycles. The first-order valence-corrected chi connectivity index (χ1v) is 14.5. The van der Waals surface area contributed by atoms with E-state index in [-0.39, 0.29) is 23.9 Å². The number of aryl methyl sites for hydroxylation is 1. The minimum Gasteiger partial charge on any atom is -0.368 e. The number of amides is 1. The second kappa shape index (κ2) is 11.8. The number of rotatable bonds is 7. The third-order valence-corrected chi connectivity index (χ3v) is 9.30. The predicted octanol–water partition coefficient (Wildman–Crippen LogP) is 6.15. The normalized spacial score (nSPS) is 14.3. The molecular formula is C26H25Cl4N3O3S. The summed E-state index contributed by atoms with van der Waals surface area (Å²) in [6.07, 6.45) is 0. The smallest absolute Gasteiger partial charge is 0.243 e. The highest BCUT2D eigenvalue weighted by molar-refractivity contribution is 7.89. The van der Waals surface area contributed by atoms with Gasteiger partial charge in [-0.05, 0) is 61.0 Å². The van der Waals surface area contributed by atoms with Crippen LogP contribution in [0.2, 0.25) is 20.1 Å². The summed E-state index contributed by atoms with van der Waals surface area (Å²) in [6.45, 7) is 3.61. The Bertz CT molecular complexity index is 1370. The van der Waals surface area contributed by atoms with E-state index in [1.54, 1.807) is 23.1 Å². The summed E-state index contributed by atoms with van der Waals surface area (Å²) in [7, 11) is -4.06. The molecule has 0 unspecified atom stereocenters. The van der Waals surface area contributed by atoms with E-state index in [1.165, 1.54) is 24.3 Å². The fraction of sp³-hybridized carbons (Fsp3) is 0.269. The van der Waals surface area contributed by atoms with Crippen LogP contribution in [0.15, 0.2) is 65.6 Å². The van der Waals surface area contributed by atoms with E-state index in [2.05, 4.69) is 4.90 Å². The van der Waals surface area contributed by atoms with Gasteiger partial charge in [0.15, 0.2) is 0 Å². The molecule has 1 aliphatic heterocycles. The molecule has 0 N–H and O–H groups in total. The third-order valence-electron chi connectivity index (χ3n) is 6.30. The van der Waals surface area contributed by atoms with Crippen LogP contribution in [-0.2, 0) is 21.4 Å². The number of piperazine rings is 1. The molecule has 0 bridgehead atoms. The predicted molar refractivity (Wildman–Crippen MR) is 150 cm³/mol. The van der Waals surface area contributed by atoms with E-state index in [1.807, 2.05) is 25.1 Å². The van der Waals surface area contributed by atoms with Crippen molar-refractivity contribution in [3.8, 4) is 0 Å². The highest BCUT2D eigenvalue weighted by Crippen LogP contribution is 2.29. The highest BCUT2D eigenvalue weighted by Gasteiger charge is 2.31. The highest BCUT2D eigenvalue weighted by atomic mass is 35.5. The molecule has 1 amide bonds. The molecule has 6 nitrogen and oxygen atoms in total. The number of sulfonamides is 1. The molecule has 3 aromatic rings. The molecule has 1 fully saturated rings. The summed E-state index contributed by atoms with van der Waals surface area (Å²) in [5.41, 5.74) is 2.55. The maximum absolute atomic E-state index is 13.6. The van der Waals surface area contributed by atoms with Crippen LogP contribution in [0.3, 0.4) is 0 Å². The number of nitrogens with zero attached hydrogens (tertiary/aromatic N) is 3. The third kappa shape index (κ3) is 6.53. The zero-order valence-corrected chi connectivity index (χ0v) is 23.8. The van der Waals surface area contributed by atoms with Crippen molar-refractivity contribution in [2.75, 3.05) is 37.6 Å². The van der Waals surface area contributed by atoms with Gasteiger partial charge in [0.25, 0.3) is 0 Å². The average molecular weight is 601 g/mol. The van der Waals surface area contributed by atoms with Crippen LogP contribution < -0.4 is 4.90 Å². The molecule has 196 valence electrons. The molecule has 11 heteroatoms. The largest absolute Gasteiger partial charge is 0.368 e. The van der Waals surface area contributed by atoms with E-state index in [0.29, 0.717) is 51.8 Å². The standard InChI is InChI=1S/C26H25Cl4N3O3S/c1-18-5-6-20(28)15-25(18)31-11-13-32(14-12-31)26(34)17-33(16-22-23(29)3-2-4-24(22)30)37(35,36)21-9-7-19(27)8-10-21/h2-10,15H,11-14,16-17H2,1H3. The topological polar surface area (TPSA) is 60.9 Å². The fourth-order valence-electron chi connectivity index (χ4n) is 4.21. The van der Waals surface area contributed by atoms with Crippen molar-refractivity contribution in [3.05, 3.63) is 91.9 Å². The van der Waals surface area contributed by atoms with Gasteiger partial charge in [0, 0.05) is 64.1 Å². The van der Waals surface area contributed by atoms with E-state index >= 15 is 0 Å². The molecule has 0 saturated carbocycles. The number of hydrogen-bond acceptors (Lipinski definition) is 4. The Kier molecular flexibility index (Phi) is 8.94. The number of anilines is 1. The van der Waals surface area contributed by atoms with Gasteiger partial charge in [0.2, 0.25) is 15.9 Å². The van der Waals surface area contributed by atoms with Gasteiger partial charge < -0.3 is 9.80 Å². The van der Waals surface area contributed by atoms with Crippen LogP contribution in [-0.4, -0.2) is 56.3 Å². The zero-order chi connectivity index (χ0) is 26.7. The second-order valence-corrected chi connectivity index (χ2v) is 12.4. The quantitative estimate of drug-likeness (QED) is 0.326. The maximum Gasteiger partial charge on any atom is 0.243 e. The summed E-state index contributed by atoms with van der Waals surface area (Å²) >= 11 is 24.8. The van der Waals surface area contributed by atoms with Crippen LogP contribution in [0.4, 0.5) is 5.69 Å². The Labute approximate surface area is 237 Å². The number of benzene rings is 3. The molecule has 3 aromatic carbocycles. The lowest BCUT2D eigenvalue weighted by Crippen LogP contribution is -2.52. The minimum atomic E-state index is -4.06. The molecular weight excluding hydrogens is 576 g/mol. The number of halogens is 4. The van der Waals surface area contributed by atoms with Gasteiger partial charge in [-0.2, -0.15) is 4.31 Å². The van der Waals surface area contributed by atoms with E-state index in [9.17, 15) is 13.2 Å². The Morgan fingerprint density at radius 2 is 1.46 bits per heavy atom. The summed E-state index contributed by atoms with van der Waals surface area (Å²) in [5, 5.41) is 1.70. The fourth-order valence-corrected chi connectivity index (χ4v) is 6.38. The SMILES string of the molecule is Cc1ccc(Cl)cc1N1CCN(C(=O)CN(Cc2c(Cl)cccc2Cl)S(=O)(=O)c2ccc(Cl)cc2)CC1. The molecule has 0 atom stereocenters. The lowest BCUT2D eigenvalue weighted by Gasteiger charge is -2.37. The first-order chi connectivity index (χ1) is 17.6. The zero-order valence-electron chi connectivity index (χ0n) is 20.0. The van der Waals surface area contributed by atoms with Gasteiger partial charge in [-0.25, -0.2) is 8.42 Å². The lowest BCUT2D eigenvalue weighted by molar-refractivity contribution is -0.131. The molecule has 1 saturated heterocycles. The van der Waals surface area contributed by atoms with Crippen molar-refractivity contribution < 1.29 is 13.2 Å². The molecule has 37 heavy (non-hydrogen) atoms. The van der Waals surface area contributed by atoms with Crippen molar-refractivity contribution in [2.45, 2.75) is 18.4 Å². The Morgan fingerprint density at radius 1 is 0.865 bits per heavy atom. The van der Waals surface area contributed by atoms with Crippen LogP contribution >= 0.6 is 46.4 Å². The van der Waals surface area contributed by atoms with Crippen molar-refractivity contribution in [1.29, 1.82) is 0 Å². The monoisotopic (exact) mass is 599 g/mol. The Morgan fingerprint density at radius 3 is 2.08 bits per heavy atom. The average Bonchev–Trinajstić information content (AvgIpc) is 2.87. The molecule has 0 spiro atoms. The van der Waals surface area contributed by atoms with Crippen molar-refractivity contribution in [2.24, 2.45) is 0 Å². The lowest BCUT2D eigenvalue weighted by atomic mass is 10.1. The van der Waals surface area contributed by atoms with Gasteiger partial charge in [-0.3, -0.25) is 4.79 Å². The molecule has 0 radical (unpaired) electrons. The molecule has 0 aromatic heterocycles. The second-order valence-electron chi connectivity index (χ2n) is 8.73. The van der Waals surface area contributed by atoms with Crippen molar-refractivity contribution >= 4 is 68.0 Å². The van der Waals surface area contributed by atoms with Gasteiger partial charge >= 0.3 is 0 Å². The van der Waals surface area contributed by atoms with E-state index < -0.39 is 10.0 Å². The first-order valence-electron chi connectivity index (χ1n) is 11.5.